The van der Waals surface area contributed by atoms with Crippen molar-refractivity contribution in [2.75, 3.05) is 10.8 Å². The number of benzene rings is 4. The lowest BCUT2D eigenvalue weighted by Gasteiger charge is -2.34. The summed E-state index contributed by atoms with van der Waals surface area (Å²) in [5.41, 5.74) is 2.78. The number of nitrogens with zero attached hydrogens (tertiary/aromatic N) is 2. The van der Waals surface area contributed by atoms with Gasteiger partial charge in [-0.25, -0.2) is 8.42 Å². The first-order valence-electron chi connectivity index (χ1n) is 14.2. The summed E-state index contributed by atoms with van der Waals surface area (Å²) in [6, 6.07) is 28.2. The minimum absolute atomic E-state index is 0.0118. The highest BCUT2D eigenvalue weighted by molar-refractivity contribution is 7.92. The Morgan fingerprint density at radius 2 is 1.43 bits per heavy atom. The summed E-state index contributed by atoms with van der Waals surface area (Å²) in [5.74, 6) is -0.915. The third-order valence-corrected chi connectivity index (χ3v) is 9.28. The largest absolute Gasteiger partial charge is 0.352 e. The van der Waals surface area contributed by atoms with Crippen molar-refractivity contribution < 1.29 is 18.0 Å². The van der Waals surface area contributed by atoms with Crippen LogP contribution < -0.4 is 9.62 Å². The summed E-state index contributed by atoms with van der Waals surface area (Å²) in [5, 5.41) is 3.33. The molecule has 0 aliphatic carbocycles. The van der Waals surface area contributed by atoms with Crippen LogP contribution in [0.1, 0.15) is 30.5 Å². The highest BCUT2D eigenvalue weighted by atomic mass is 35.5. The number of nitrogens with one attached hydrogen (secondary N) is 1. The molecule has 4 aromatic rings. The SMILES string of the molecule is Cc1ccc(CN(C(=O)CN(c2ccc(Cl)cc2Cl)S(=O)(=O)c2ccccc2)C(Cc2ccccc2)C(=O)NC(C)C)cc1. The van der Waals surface area contributed by atoms with Gasteiger partial charge in [0.25, 0.3) is 10.0 Å². The van der Waals surface area contributed by atoms with Crippen molar-refractivity contribution in [1.82, 2.24) is 10.2 Å². The monoisotopic (exact) mass is 651 g/mol. The van der Waals surface area contributed by atoms with Crippen LogP contribution in [0.3, 0.4) is 0 Å². The zero-order valence-electron chi connectivity index (χ0n) is 24.8. The van der Waals surface area contributed by atoms with Crippen LogP contribution in [0.4, 0.5) is 5.69 Å². The van der Waals surface area contributed by atoms with Gasteiger partial charge in [-0.2, -0.15) is 0 Å². The van der Waals surface area contributed by atoms with Crippen molar-refractivity contribution in [3.63, 3.8) is 0 Å². The average Bonchev–Trinajstić information content (AvgIpc) is 2.99. The summed E-state index contributed by atoms with van der Waals surface area (Å²) >= 11 is 12.7. The second-order valence-electron chi connectivity index (χ2n) is 10.8. The van der Waals surface area contributed by atoms with Crippen molar-refractivity contribution >= 4 is 50.7 Å². The lowest BCUT2D eigenvalue weighted by atomic mass is 10.0. The van der Waals surface area contributed by atoms with Gasteiger partial charge >= 0.3 is 0 Å². The van der Waals surface area contributed by atoms with Gasteiger partial charge in [-0.15, -0.1) is 0 Å². The highest BCUT2D eigenvalue weighted by Gasteiger charge is 2.35. The number of hydrogen-bond acceptors (Lipinski definition) is 4. The molecule has 0 spiro atoms. The Morgan fingerprint density at radius 3 is 2.02 bits per heavy atom. The lowest BCUT2D eigenvalue weighted by Crippen LogP contribution is -2.54. The minimum atomic E-state index is -4.26. The van der Waals surface area contributed by atoms with Gasteiger partial charge in [0, 0.05) is 24.0 Å². The molecule has 2 amide bonds. The van der Waals surface area contributed by atoms with E-state index in [1.165, 1.54) is 35.2 Å². The maximum Gasteiger partial charge on any atom is 0.264 e. The molecule has 4 rings (SSSR count). The number of carbonyl (C=O) groups excluding carboxylic acids is 2. The number of amides is 2. The van der Waals surface area contributed by atoms with Gasteiger partial charge in [0.1, 0.15) is 12.6 Å². The molecular weight excluding hydrogens is 617 g/mol. The summed E-state index contributed by atoms with van der Waals surface area (Å²) in [6.45, 7) is 5.13. The van der Waals surface area contributed by atoms with E-state index in [1.54, 1.807) is 18.2 Å². The van der Waals surface area contributed by atoms with E-state index < -0.39 is 28.5 Å². The fourth-order valence-corrected chi connectivity index (χ4v) is 6.76. The first kappa shape index (κ1) is 33.1. The molecule has 4 aromatic carbocycles. The van der Waals surface area contributed by atoms with Crippen molar-refractivity contribution in [2.45, 2.75) is 50.7 Å². The van der Waals surface area contributed by atoms with E-state index in [0.717, 1.165) is 21.0 Å². The maximum absolute atomic E-state index is 14.4. The van der Waals surface area contributed by atoms with E-state index in [1.807, 2.05) is 75.4 Å². The van der Waals surface area contributed by atoms with Crippen LogP contribution in [0, 0.1) is 6.92 Å². The third-order valence-electron chi connectivity index (χ3n) is 6.96. The summed E-state index contributed by atoms with van der Waals surface area (Å²) < 4.78 is 29.1. The molecule has 230 valence electrons. The first-order valence-corrected chi connectivity index (χ1v) is 16.4. The van der Waals surface area contributed by atoms with Crippen LogP contribution in [0.25, 0.3) is 0 Å². The van der Waals surface area contributed by atoms with Gasteiger partial charge in [0.2, 0.25) is 11.8 Å². The summed E-state index contributed by atoms with van der Waals surface area (Å²) in [7, 11) is -4.26. The second-order valence-corrected chi connectivity index (χ2v) is 13.5. The van der Waals surface area contributed by atoms with Crippen LogP contribution >= 0.6 is 23.2 Å². The third kappa shape index (κ3) is 8.40. The Bertz CT molecular complexity index is 1680. The average molecular weight is 653 g/mol. The molecule has 0 aliphatic rings. The second kappa shape index (κ2) is 14.8. The Balaban J connectivity index is 1.82. The predicted molar refractivity (Wildman–Crippen MR) is 176 cm³/mol. The van der Waals surface area contributed by atoms with E-state index in [-0.39, 0.29) is 40.5 Å². The molecule has 1 atom stereocenters. The Labute approximate surface area is 269 Å². The van der Waals surface area contributed by atoms with Gasteiger partial charge in [-0.3, -0.25) is 13.9 Å². The van der Waals surface area contributed by atoms with Crippen molar-refractivity contribution in [3.05, 3.63) is 130 Å². The fourth-order valence-electron chi connectivity index (χ4n) is 4.74. The van der Waals surface area contributed by atoms with Crippen LogP contribution in [0.5, 0.6) is 0 Å². The van der Waals surface area contributed by atoms with E-state index in [4.69, 9.17) is 23.2 Å². The smallest absolute Gasteiger partial charge is 0.264 e. The molecule has 44 heavy (non-hydrogen) atoms. The Morgan fingerprint density at radius 1 is 0.818 bits per heavy atom. The standard InChI is InChI=1S/C34H35Cl2N3O4S/c1-24(2)37-34(41)32(20-26-10-6-4-7-11-26)38(22-27-16-14-25(3)15-17-27)33(40)23-39(31-19-18-28(35)21-30(31)36)44(42,43)29-12-8-5-9-13-29/h4-19,21,24,32H,20,22-23H2,1-3H3,(H,37,41). The van der Waals surface area contributed by atoms with Crippen LogP contribution in [0.15, 0.2) is 108 Å². The summed E-state index contributed by atoms with van der Waals surface area (Å²) in [4.78, 5) is 29.6. The van der Waals surface area contributed by atoms with E-state index in [9.17, 15) is 18.0 Å². The van der Waals surface area contributed by atoms with Gasteiger partial charge in [-0.1, -0.05) is 102 Å². The fraction of sp³-hybridized carbons (Fsp3) is 0.235. The van der Waals surface area contributed by atoms with E-state index in [0.29, 0.717) is 5.02 Å². The highest BCUT2D eigenvalue weighted by Crippen LogP contribution is 2.33. The lowest BCUT2D eigenvalue weighted by molar-refractivity contribution is -0.140. The molecule has 0 aliphatic heterocycles. The predicted octanol–water partition coefficient (Wildman–Crippen LogP) is 6.66. The van der Waals surface area contributed by atoms with Gasteiger partial charge < -0.3 is 10.2 Å². The van der Waals surface area contributed by atoms with Crippen molar-refractivity contribution in [2.24, 2.45) is 0 Å². The Hall–Kier alpha value is -3.85. The number of sulfonamides is 1. The number of rotatable bonds is 12. The molecule has 1 N–H and O–H groups in total. The molecule has 0 radical (unpaired) electrons. The zero-order valence-corrected chi connectivity index (χ0v) is 27.1. The van der Waals surface area contributed by atoms with E-state index >= 15 is 0 Å². The molecular formula is C34H35Cl2N3O4S. The maximum atomic E-state index is 14.4. The molecule has 0 saturated carbocycles. The quantitative estimate of drug-likeness (QED) is 0.186. The zero-order chi connectivity index (χ0) is 31.9. The first-order chi connectivity index (χ1) is 21.0. The molecule has 1 unspecified atom stereocenters. The van der Waals surface area contributed by atoms with Gasteiger partial charge in [-0.05, 0) is 62.2 Å². The number of carbonyl (C=O) groups is 2. The topological polar surface area (TPSA) is 86.8 Å². The summed E-state index contributed by atoms with van der Waals surface area (Å²) in [6.07, 6.45) is 0.226. The molecule has 0 bridgehead atoms. The van der Waals surface area contributed by atoms with Crippen LogP contribution in [0.2, 0.25) is 10.0 Å². The number of anilines is 1. The van der Waals surface area contributed by atoms with Gasteiger partial charge in [0.15, 0.2) is 0 Å². The Kier molecular flexibility index (Phi) is 11.1. The molecule has 10 heteroatoms. The van der Waals surface area contributed by atoms with E-state index in [2.05, 4.69) is 5.32 Å². The molecule has 0 aromatic heterocycles. The number of halogens is 2. The van der Waals surface area contributed by atoms with Crippen molar-refractivity contribution in [1.29, 1.82) is 0 Å². The van der Waals surface area contributed by atoms with Gasteiger partial charge in [0.05, 0.1) is 15.6 Å². The molecule has 0 fully saturated rings. The minimum Gasteiger partial charge on any atom is -0.352 e. The molecule has 7 nitrogen and oxygen atoms in total. The number of aryl methyl sites for hydroxylation is 1. The van der Waals surface area contributed by atoms with Crippen molar-refractivity contribution in [3.8, 4) is 0 Å². The number of hydrogen-bond donors (Lipinski definition) is 1. The normalized spacial score (nSPS) is 12.0. The van der Waals surface area contributed by atoms with Crippen LogP contribution in [-0.4, -0.2) is 43.8 Å². The van der Waals surface area contributed by atoms with Crippen LogP contribution in [-0.2, 0) is 32.6 Å². The molecule has 0 heterocycles. The molecule has 0 saturated heterocycles.